The van der Waals surface area contributed by atoms with Crippen molar-refractivity contribution in [1.29, 1.82) is 0 Å². The van der Waals surface area contributed by atoms with Gasteiger partial charge in [0.25, 0.3) is 0 Å². The third kappa shape index (κ3) is 6.50. The molecule has 0 bridgehead atoms. The van der Waals surface area contributed by atoms with Gasteiger partial charge in [0, 0.05) is 23.9 Å². The molecule has 10 heteroatoms. The number of phosphoric acid groups is 1. The molecule has 0 unspecified atom stereocenters. The van der Waals surface area contributed by atoms with Crippen LogP contribution in [0.4, 0.5) is 0 Å². The molecule has 0 amide bonds. The first-order valence-corrected chi connectivity index (χ1v) is 8.02. The summed E-state index contributed by atoms with van der Waals surface area (Å²) in [7, 11) is -4.63. The Bertz CT molecular complexity index is 559. The van der Waals surface area contributed by atoms with Crippen molar-refractivity contribution < 1.29 is 33.9 Å². The number of aromatic nitrogens is 1. The van der Waals surface area contributed by atoms with Gasteiger partial charge in [0.2, 0.25) is 0 Å². The third-order valence-corrected chi connectivity index (χ3v) is 3.11. The maximum Gasteiger partial charge on any atom is 0.469 e. The molecule has 0 atom stereocenters. The second kappa shape index (κ2) is 8.82. The fraction of sp³-hybridized carbons (Fsp3) is 0.500. The number of aryl methyl sites for hydroxylation is 1. The highest BCUT2D eigenvalue weighted by Crippen LogP contribution is 2.37. The van der Waals surface area contributed by atoms with E-state index in [0.29, 0.717) is 25.1 Å². The Labute approximate surface area is 127 Å². The molecule has 9 nitrogen and oxygen atoms in total. The van der Waals surface area contributed by atoms with Gasteiger partial charge in [-0.25, -0.2) is 4.57 Å². The van der Waals surface area contributed by atoms with Crippen LogP contribution in [-0.2, 0) is 20.5 Å². The van der Waals surface area contributed by atoms with Gasteiger partial charge in [-0.05, 0) is 19.8 Å². The molecule has 0 fully saturated rings. The van der Waals surface area contributed by atoms with Crippen molar-refractivity contribution in [3.8, 4) is 5.75 Å². The highest BCUT2D eigenvalue weighted by atomic mass is 31.2. The fourth-order valence-corrected chi connectivity index (χ4v) is 1.79. The van der Waals surface area contributed by atoms with E-state index in [4.69, 9.17) is 19.7 Å². The molecule has 1 rings (SSSR count). The van der Waals surface area contributed by atoms with Crippen molar-refractivity contribution in [2.45, 2.75) is 26.4 Å². The number of nitrogens with zero attached hydrogens (tertiary/aromatic N) is 2. The Morgan fingerprint density at radius 2 is 2.14 bits per heavy atom. The minimum Gasteiger partial charge on any atom is -0.505 e. The molecule has 22 heavy (non-hydrogen) atoms. The Balaban J connectivity index is 2.79. The first-order chi connectivity index (χ1) is 10.3. The number of rotatable bonds is 9. The van der Waals surface area contributed by atoms with E-state index in [9.17, 15) is 9.67 Å². The second-order valence-electron chi connectivity index (χ2n) is 4.39. The number of aromatic hydroxyl groups is 1. The van der Waals surface area contributed by atoms with Crippen LogP contribution in [0.1, 0.15) is 29.7 Å². The number of aliphatic hydroxyl groups is 1. The highest BCUT2D eigenvalue weighted by molar-refractivity contribution is 7.46. The molecule has 0 aliphatic carbocycles. The molecule has 0 aromatic carbocycles. The quantitative estimate of drug-likeness (QED) is 0.225. The van der Waals surface area contributed by atoms with Gasteiger partial charge >= 0.3 is 7.82 Å². The number of oxime groups is 1. The monoisotopic (exact) mass is 334 g/mol. The van der Waals surface area contributed by atoms with E-state index in [1.54, 1.807) is 6.92 Å². The maximum atomic E-state index is 10.7. The summed E-state index contributed by atoms with van der Waals surface area (Å²) in [6.45, 7) is 1.51. The summed E-state index contributed by atoms with van der Waals surface area (Å²) in [5.74, 6) is -0.172. The first kappa shape index (κ1) is 18.5. The fourth-order valence-electron chi connectivity index (χ4n) is 1.49. The number of hydrogen-bond acceptors (Lipinski definition) is 7. The molecule has 124 valence electrons. The van der Waals surface area contributed by atoms with E-state index in [-0.39, 0.29) is 23.5 Å². The normalized spacial score (nSPS) is 12.0. The molecule has 0 saturated carbocycles. The zero-order chi connectivity index (χ0) is 16.6. The number of aliphatic hydroxyl groups excluding tert-OH is 1. The zero-order valence-electron chi connectivity index (χ0n) is 12.0. The van der Waals surface area contributed by atoms with Gasteiger partial charge in [0.15, 0.2) is 0 Å². The molecule has 0 aliphatic rings. The van der Waals surface area contributed by atoms with Crippen LogP contribution in [-0.4, -0.2) is 44.4 Å². The lowest BCUT2D eigenvalue weighted by Crippen LogP contribution is -2.01. The van der Waals surface area contributed by atoms with E-state index in [0.717, 1.165) is 0 Å². The maximum absolute atomic E-state index is 10.7. The standard InChI is InChI=1S/C12H19N2O7P/c1-9-12(16)11(7-14-20-5-3-2-4-15)10(6-13-9)8-21-22(17,18)19/h6-7,15-16H,2-5,8H2,1H3,(H2,17,18,19). The predicted molar refractivity (Wildman–Crippen MR) is 77.3 cm³/mol. The molecule has 0 spiro atoms. The summed E-state index contributed by atoms with van der Waals surface area (Å²) in [6, 6.07) is 0. The molecule has 0 radical (unpaired) electrons. The molecule has 1 aromatic rings. The molecule has 0 saturated heterocycles. The number of phosphoric ester groups is 1. The average molecular weight is 334 g/mol. The Kier molecular flexibility index (Phi) is 7.43. The summed E-state index contributed by atoms with van der Waals surface area (Å²) in [5.41, 5.74) is 0.805. The Morgan fingerprint density at radius 3 is 2.77 bits per heavy atom. The topological polar surface area (TPSA) is 142 Å². The van der Waals surface area contributed by atoms with Gasteiger partial charge < -0.3 is 24.8 Å². The predicted octanol–water partition coefficient (Wildman–Crippen LogP) is 0.828. The lowest BCUT2D eigenvalue weighted by molar-refractivity contribution is 0.135. The second-order valence-corrected chi connectivity index (χ2v) is 5.63. The lowest BCUT2D eigenvalue weighted by Gasteiger charge is -2.10. The summed E-state index contributed by atoms with van der Waals surface area (Å²) in [5, 5.41) is 22.3. The smallest absolute Gasteiger partial charge is 0.469 e. The van der Waals surface area contributed by atoms with Crippen LogP contribution in [0.25, 0.3) is 0 Å². The summed E-state index contributed by atoms with van der Waals surface area (Å²) in [6.07, 6.45) is 3.78. The van der Waals surface area contributed by atoms with Gasteiger partial charge in [-0.3, -0.25) is 9.51 Å². The molecule has 1 heterocycles. The third-order valence-electron chi connectivity index (χ3n) is 2.65. The van der Waals surface area contributed by atoms with Crippen LogP contribution in [0.2, 0.25) is 0 Å². The van der Waals surface area contributed by atoms with E-state index in [1.807, 2.05) is 0 Å². The van der Waals surface area contributed by atoms with E-state index in [2.05, 4.69) is 14.7 Å². The van der Waals surface area contributed by atoms with Crippen molar-refractivity contribution in [1.82, 2.24) is 4.98 Å². The van der Waals surface area contributed by atoms with E-state index < -0.39 is 14.4 Å². The number of pyridine rings is 1. The van der Waals surface area contributed by atoms with Crippen LogP contribution in [0.5, 0.6) is 5.75 Å². The summed E-state index contributed by atoms with van der Waals surface area (Å²) >= 11 is 0. The summed E-state index contributed by atoms with van der Waals surface area (Å²) in [4.78, 5) is 26.3. The molecular weight excluding hydrogens is 315 g/mol. The van der Waals surface area contributed by atoms with Crippen molar-refractivity contribution in [2.24, 2.45) is 5.16 Å². The largest absolute Gasteiger partial charge is 0.505 e. The van der Waals surface area contributed by atoms with Crippen molar-refractivity contribution in [2.75, 3.05) is 13.2 Å². The SMILES string of the molecule is Cc1ncc(COP(=O)(O)O)c(C=NOCCCCO)c1O. The number of unbranched alkanes of at least 4 members (excludes halogenated alkanes) is 1. The minimum atomic E-state index is -4.63. The lowest BCUT2D eigenvalue weighted by atomic mass is 10.1. The van der Waals surface area contributed by atoms with Gasteiger partial charge in [-0.1, -0.05) is 5.16 Å². The molecule has 0 aliphatic heterocycles. The number of hydrogen-bond donors (Lipinski definition) is 4. The van der Waals surface area contributed by atoms with Crippen LogP contribution in [0, 0.1) is 6.92 Å². The van der Waals surface area contributed by atoms with Gasteiger partial charge in [-0.2, -0.15) is 0 Å². The molecule has 4 N–H and O–H groups in total. The summed E-state index contributed by atoms with van der Waals surface area (Å²) < 4.78 is 15.1. The van der Waals surface area contributed by atoms with Gasteiger partial charge in [-0.15, -0.1) is 0 Å². The van der Waals surface area contributed by atoms with Crippen molar-refractivity contribution >= 4 is 14.0 Å². The first-order valence-electron chi connectivity index (χ1n) is 6.49. The molecular formula is C12H19N2O7P. The highest BCUT2D eigenvalue weighted by Gasteiger charge is 2.17. The van der Waals surface area contributed by atoms with Crippen LogP contribution in [0.3, 0.4) is 0 Å². The minimum absolute atomic E-state index is 0.0707. The van der Waals surface area contributed by atoms with Crippen LogP contribution in [0.15, 0.2) is 11.4 Å². The van der Waals surface area contributed by atoms with Gasteiger partial charge in [0.05, 0.1) is 18.5 Å². The van der Waals surface area contributed by atoms with E-state index >= 15 is 0 Å². The Hall–Kier alpha value is -1.51. The average Bonchev–Trinajstić information content (AvgIpc) is 2.45. The van der Waals surface area contributed by atoms with Gasteiger partial charge in [0.1, 0.15) is 12.4 Å². The van der Waals surface area contributed by atoms with E-state index in [1.165, 1.54) is 12.4 Å². The Morgan fingerprint density at radius 1 is 1.41 bits per heavy atom. The van der Waals surface area contributed by atoms with Crippen molar-refractivity contribution in [3.63, 3.8) is 0 Å². The van der Waals surface area contributed by atoms with Crippen LogP contribution < -0.4 is 0 Å². The van der Waals surface area contributed by atoms with Crippen LogP contribution >= 0.6 is 7.82 Å². The zero-order valence-corrected chi connectivity index (χ0v) is 12.9. The van der Waals surface area contributed by atoms with Crippen molar-refractivity contribution in [3.05, 3.63) is 23.0 Å². The molecule has 1 aromatic heterocycles.